The first-order chi connectivity index (χ1) is 7.16. The standard InChI is InChI=1S/C10H13BN2OS/c1-7-6-15-9(12-7)8-2-4-13(5-3-8)10(11)14/h6,8H,2-5H2,1H3. The average molecular weight is 220 g/mol. The molecule has 2 radical (unpaired) electrons. The second-order valence-electron chi connectivity index (χ2n) is 3.93. The third-order valence-corrected chi connectivity index (χ3v) is 3.92. The molecule has 5 heteroatoms. The molecule has 1 aromatic rings. The van der Waals surface area contributed by atoms with Crippen LogP contribution in [0, 0.1) is 6.92 Å². The number of hydrogen-bond donors (Lipinski definition) is 0. The van der Waals surface area contributed by atoms with Crippen molar-refractivity contribution in [2.24, 2.45) is 0 Å². The lowest BCUT2D eigenvalue weighted by Gasteiger charge is -2.30. The Labute approximate surface area is 94.9 Å². The molecule has 0 saturated carbocycles. The summed E-state index contributed by atoms with van der Waals surface area (Å²) < 4.78 is 0. The topological polar surface area (TPSA) is 33.2 Å². The van der Waals surface area contributed by atoms with Crippen LogP contribution in [0.2, 0.25) is 0 Å². The van der Waals surface area contributed by atoms with E-state index in [0.717, 1.165) is 31.6 Å². The molecule has 1 aliphatic heterocycles. The molecule has 0 atom stereocenters. The van der Waals surface area contributed by atoms with Gasteiger partial charge < -0.3 is 4.90 Å². The number of carbonyl (C=O) groups excluding carboxylic acids is 1. The molecule has 0 aromatic carbocycles. The summed E-state index contributed by atoms with van der Waals surface area (Å²) >= 11 is 1.72. The molecule has 0 bridgehead atoms. The van der Waals surface area contributed by atoms with E-state index in [1.165, 1.54) is 5.01 Å². The van der Waals surface area contributed by atoms with Gasteiger partial charge in [-0.25, -0.2) is 4.98 Å². The van der Waals surface area contributed by atoms with Gasteiger partial charge in [0.05, 0.1) is 5.01 Å². The quantitative estimate of drug-likeness (QED) is 0.677. The normalized spacial score (nSPS) is 18.1. The van der Waals surface area contributed by atoms with E-state index in [0.29, 0.717) is 5.92 Å². The molecule has 1 fully saturated rings. The van der Waals surface area contributed by atoms with Gasteiger partial charge in [0.15, 0.2) is 5.81 Å². The largest absolute Gasteiger partial charge is 0.353 e. The van der Waals surface area contributed by atoms with Crippen LogP contribution in [-0.2, 0) is 0 Å². The van der Waals surface area contributed by atoms with Gasteiger partial charge in [-0.15, -0.1) is 11.3 Å². The molecule has 0 spiro atoms. The van der Waals surface area contributed by atoms with E-state index >= 15 is 0 Å². The van der Waals surface area contributed by atoms with Gasteiger partial charge in [0.1, 0.15) is 0 Å². The van der Waals surface area contributed by atoms with Gasteiger partial charge in [0.25, 0.3) is 0 Å². The van der Waals surface area contributed by atoms with E-state index in [4.69, 9.17) is 7.85 Å². The monoisotopic (exact) mass is 220 g/mol. The number of likely N-dealkylation sites (tertiary alicyclic amines) is 1. The summed E-state index contributed by atoms with van der Waals surface area (Å²) in [6, 6.07) is 0. The lowest BCUT2D eigenvalue weighted by atomic mass is 9.95. The van der Waals surface area contributed by atoms with E-state index in [2.05, 4.69) is 10.4 Å². The Hall–Kier alpha value is -0.835. The lowest BCUT2D eigenvalue weighted by Crippen LogP contribution is -2.37. The highest BCUT2D eigenvalue weighted by molar-refractivity contribution is 7.09. The van der Waals surface area contributed by atoms with Crippen LogP contribution in [0.3, 0.4) is 0 Å². The van der Waals surface area contributed by atoms with Gasteiger partial charge in [0, 0.05) is 30.1 Å². The van der Waals surface area contributed by atoms with E-state index in [-0.39, 0.29) is 5.81 Å². The van der Waals surface area contributed by atoms with Crippen LogP contribution in [-0.4, -0.2) is 36.6 Å². The third-order valence-electron chi connectivity index (χ3n) is 2.79. The number of amides is 1. The molecule has 1 aliphatic rings. The summed E-state index contributed by atoms with van der Waals surface area (Å²) in [6.07, 6.45) is 1.96. The second-order valence-corrected chi connectivity index (χ2v) is 4.82. The minimum atomic E-state index is -0.302. The van der Waals surface area contributed by atoms with Gasteiger partial charge in [-0.3, -0.25) is 4.79 Å². The molecular formula is C10H13BN2OS. The first-order valence-corrected chi connectivity index (χ1v) is 6.01. The summed E-state index contributed by atoms with van der Waals surface area (Å²) in [7, 11) is 5.23. The molecule has 15 heavy (non-hydrogen) atoms. The summed E-state index contributed by atoms with van der Waals surface area (Å²) in [5, 5.41) is 3.28. The number of hydrogen-bond acceptors (Lipinski definition) is 3. The van der Waals surface area contributed by atoms with E-state index in [9.17, 15) is 4.79 Å². The molecule has 78 valence electrons. The molecular weight excluding hydrogens is 207 g/mol. The smallest absolute Gasteiger partial charge is 0.200 e. The second kappa shape index (κ2) is 4.35. The molecule has 3 nitrogen and oxygen atoms in total. The molecule has 2 heterocycles. The van der Waals surface area contributed by atoms with Crippen molar-refractivity contribution >= 4 is 25.0 Å². The Bertz CT molecular complexity index is 358. The van der Waals surface area contributed by atoms with Crippen LogP contribution in [0.15, 0.2) is 5.38 Å². The zero-order valence-electron chi connectivity index (χ0n) is 8.77. The fourth-order valence-electron chi connectivity index (χ4n) is 1.91. The first-order valence-electron chi connectivity index (χ1n) is 5.13. The third kappa shape index (κ3) is 2.40. The zero-order valence-corrected chi connectivity index (χ0v) is 9.59. The number of thiazole rings is 1. The van der Waals surface area contributed by atoms with Gasteiger partial charge in [-0.1, -0.05) is 0 Å². The van der Waals surface area contributed by atoms with Crippen LogP contribution in [0.5, 0.6) is 0 Å². The van der Waals surface area contributed by atoms with Crippen LogP contribution in [0.4, 0.5) is 4.79 Å². The molecule has 0 aliphatic carbocycles. The molecule has 1 amide bonds. The van der Waals surface area contributed by atoms with Crippen LogP contribution >= 0.6 is 11.3 Å². The number of piperidine rings is 1. The first kappa shape index (κ1) is 10.7. The number of rotatable bonds is 1. The van der Waals surface area contributed by atoms with Crippen LogP contribution in [0.1, 0.15) is 29.5 Å². The minimum Gasteiger partial charge on any atom is -0.353 e. The van der Waals surface area contributed by atoms with Crippen LogP contribution < -0.4 is 0 Å². The maximum atomic E-state index is 10.9. The van der Waals surface area contributed by atoms with E-state index in [1.54, 1.807) is 16.2 Å². The van der Waals surface area contributed by atoms with Gasteiger partial charge in [-0.2, -0.15) is 0 Å². The summed E-state index contributed by atoms with van der Waals surface area (Å²) in [5.41, 5.74) is 1.09. The Kier molecular flexibility index (Phi) is 3.10. The minimum absolute atomic E-state index is 0.302. The summed E-state index contributed by atoms with van der Waals surface area (Å²) in [5.74, 6) is 0.211. The van der Waals surface area contributed by atoms with Crippen molar-refractivity contribution < 1.29 is 4.79 Å². The highest BCUT2D eigenvalue weighted by atomic mass is 32.1. The maximum Gasteiger partial charge on any atom is 0.200 e. The van der Waals surface area contributed by atoms with Crippen molar-refractivity contribution in [3.63, 3.8) is 0 Å². The predicted molar refractivity (Wildman–Crippen MR) is 61.5 cm³/mol. The number of aryl methyl sites for hydroxylation is 1. The zero-order chi connectivity index (χ0) is 10.8. The van der Waals surface area contributed by atoms with Crippen molar-refractivity contribution in [2.45, 2.75) is 25.7 Å². The van der Waals surface area contributed by atoms with Gasteiger partial charge >= 0.3 is 0 Å². The van der Waals surface area contributed by atoms with Gasteiger partial charge in [0.2, 0.25) is 7.85 Å². The molecule has 2 rings (SSSR count). The maximum absolute atomic E-state index is 10.9. The van der Waals surface area contributed by atoms with E-state index < -0.39 is 0 Å². The number of aromatic nitrogens is 1. The molecule has 1 aromatic heterocycles. The Morgan fingerprint density at radius 3 is 2.73 bits per heavy atom. The Morgan fingerprint density at radius 2 is 2.27 bits per heavy atom. The Morgan fingerprint density at radius 1 is 1.60 bits per heavy atom. The molecule has 0 unspecified atom stereocenters. The van der Waals surface area contributed by atoms with E-state index in [1.807, 2.05) is 6.92 Å². The molecule has 0 N–H and O–H groups in total. The SMILES string of the molecule is [B]C(=O)N1CCC(c2nc(C)cs2)CC1. The van der Waals surface area contributed by atoms with Crippen molar-refractivity contribution in [1.29, 1.82) is 0 Å². The molecule has 1 saturated heterocycles. The van der Waals surface area contributed by atoms with Crippen molar-refractivity contribution in [2.75, 3.05) is 13.1 Å². The van der Waals surface area contributed by atoms with Gasteiger partial charge in [-0.05, 0) is 19.8 Å². The fraction of sp³-hybridized carbons (Fsp3) is 0.600. The average Bonchev–Trinajstić information content (AvgIpc) is 2.65. The highest BCUT2D eigenvalue weighted by Crippen LogP contribution is 2.29. The summed E-state index contributed by atoms with van der Waals surface area (Å²) in [4.78, 5) is 17.1. The fourth-order valence-corrected chi connectivity index (χ4v) is 2.88. The van der Waals surface area contributed by atoms with Crippen molar-refractivity contribution in [1.82, 2.24) is 9.88 Å². The lowest BCUT2D eigenvalue weighted by molar-refractivity contribution is 0.204. The summed E-state index contributed by atoms with van der Waals surface area (Å²) in [6.45, 7) is 3.54. The van der Waals surface area contributed by atoms with Crippen molar-refractivity contribution in [3.05, 3.63) is 16.1 Å². The predicted octanol–water partition coefficient (Wildman–Crippen LogP) is 1.92. The van der Waals surface area contributed by atoms with Crippen molar-refractivity contribution in [3.8, 4) is 0 Å². The number of nitrogens with zero attached hydrogens (tertiary/aromatic N) is 2. The highest BCUT2D eigenvalue weighted by Gasteiger charge is 2.23. The van der Waals surface area contributed by atoms with Crippen LogP contribution in [0.25, 0.3) is 0 Å². The Balaban J connectivity index is 1.96. The number of carbonyl (C=O) groups is 1.